The number of carboxylic acids is 1. The number of nitrogens with zero attached hydrogens (tertiary/aromatic N) is 2. The van der Waals surface area contributed by atoms with Crippen LogP contribution in [0.4, 0.5) is 0 Å². The van der Waals surface area contributed by atoms with Crippen molar-refractivity contribution < 1.29 is 9.90 Å². The third kappa shape index (κ3) is 6.32. The second-order valence-corrected chi connectivity index (χ2v) is 6.86. The van der Waals surface area contributed by atoms with Crippen LogP contribution >= 0.6 is 0 Å². The second kappa shape index (κ2) is 8.71. The van der Waals surface area contributed by atoms with Gasteiger partial charge in [-0.15, -0.1) is 0 Å². The highest BCUT2D eigenvalue weighted by molar-refractivity contribution is 5.78. The topological polar surface area (TPSA) is 55.8 Å². The molecule has 5 nitrogen and oxygen atoms in total. The predicted octanol–water partition coefficient (Wildman–Crippen LogP) is 1.49. The molecule has 0 aromatic rings. The van der Waals surface area contributed by atoms with E-state index in [1.165, 1.54) is 19.4 Å². The Bertz CT molecular complexity index is 315. The van der Waals surface area contributed by atoms with Gasteiger partial charge in [0, 0.05) is 13.1 Å². The van der Waals surface area contributed by atoms with Gasteiger partial charge in [0.15, 0.2) is 0 Å². The number of aliphatic carboxylic acids is 1. The van der Waals surface area contributed by atoms with Gasteiger partial charge in [-0.05, 0) is 72.3 Å². The van der Waals surface area contributed by atoms with Gasteiger partial charge in [0.2, 0.25) is 0 Å². The van der Waals surface area contributed by atoms with Gasteiger partial charge < -0.3 is 20.2 Å². The van der Waals surface area contributed by atoms with Gasteiger partial charge in [-0.2, -0.15) is 0 Å². The summed E-state index contributed by atoms with van der Waals surface area (Å²) in [5.41, 5.74) is -0.795. The normalized spacial score (nSPS) is 20.6. The van der Waals surface area contributed by atoms with Crippen molar-refractivity contribution in [2.24, 2.45) is 5.92 Å². The number of piperidine rings is 1. The first-order valence-electron chi connectivity index (χ1n) is 8.23. The third-order valence-electron chi connectivity index (χ3n) is 4.50. The number of hydrogen-bond acceptors (Lipinski definition) is 4. The van der Waals surface area contributed by atoms with Crippen LogP contribution in [0, 0.1) is 5.92 Å². The first kappa shape index (κ1) is 18.4. The highest BCUT2D eigenvalue weighted by Gasteiger charge is 2.33. The van der Waals surface area contributed by atoms with Crippen LogP contribution in [-0.4, -0.2) is 73.2 Å². The van der Waals surface area contributed by atoms with Crippen LogP contribution in [0.2, 0.25) is 0 Å². The molecule has 5 heteroatoms. The monoisotopic (exact) mass is 299 g/mol. The molecule has 0 bridgehead atoms. The molecule has 0 spiro atoms. The summed E-state index contributed by atoms with van der Waals surface area (Å²) in [5.74, 6) is 0.0544. The number of rotatable bonds is 9. The molecule has 0 aromatic carbocycles. The van der Waals surface area contributed by atoms with Crippen molar-refractivity contribution in [2.75, 3.05) is 46.8 Å². The molecular weight excluding hydrogens is 266 g/mol. The molecule has 0 radical (unpaired) electrons. The van der Waals surface area contributed by atoms with E-state index in [4.69, 9.17) is 0 Å². The summed E-state index contributed by atoms with van der Waals surface area (Å²) < 4.78 is 0. The number of carbonyl (C=O) groups is 1. The maximum atomic E-state index is 11.5. The average molecular weight is 299 g/mol. The largest absolute Gasteiger partial charge is 0.480 e. The van der Waals surface area contributed by atoms with Crippen LogP contribution in [-0.2, 0) is 4.79 Å². The molecule has 124 valence electrons. The molecule has 1 saturated heterocycles. The minimum atomic E-state index is -0.795. The van der Waals surface area contributed by atoms with E-state index >= 15 is 0 Å². The summed E-state index contributed by atoms with van der Waals surface area (Å²) in [4.78, 5) is 16.2. The minimum Gasteiger partial charge on any atom is -0.480 e. The first-order chi connectivity index (χ1) is 9.87. The lowest BCUT2D eigenvalue weighted by Crippen LogP contribution is -2.52. The zero-order valence-electron chi connectivity index (χ0n) is 14.2. The van der Waals surface area contributed by atoms with E-state index in [1.54, 1.807) is 0 Å². The molecule has 1 rings (SSSR count). The number of carboxylic acid groups (broad SMARTS) is 1. The van der Waals surface area contributed by atoms with Crippen molar-refractivity contribution in [3.8, 4) is 0 Å². The van der Waals surface area contributed by atoms with Gasteiger partial charge >= 0.3 is 5.97 Å². The van der Waals surface area contributed by atoms with Crippen LogP contribution in [0.1, 0.15) is 39.5 Å². The Balaban J connectivity index is 2.35. The fourth-order valence-corrected chi connectivity index (χ4v) is 2.96. The smallest absolute Gasteiger partial charge is 0.323 e. The molecule has 0 aliphatic carbocycles. The molecular formula is C16H33N3O2. The summed E-state index contributed by atoms with van der Waals surface area (Å²) >= 11 is 0. The highest BCUT2D eigenvalue weighted by Crippen LogP contribution is 2.19. The van der Waals surface area contributed by atoms with Crippen LogP contribution in [0.3, 0.4) is 0 Å². The number of hydrogen-bond donors (Lipinski definition) is 2. The lowest BCUT2D eigenvalue weighted by atomic mass is 9.94. The van der Waals surface area contributed by atoms with Gasteiger partial charge in [-0.1, -0.05) is 6.92 Å². The molecule has 0 aromatic heterocycles. The fraction of sp³-hybridized carbons (Fsp3) is 0.938. The quantitative estimate of drug-likeness (QED) is 0.675. The van der Waals surface area contributed by atoms with Gasteiger partial charge in [-0.25, -0.2) is 0 Å². The van der Waals surface area contributed by atoms with Crippen molar-refractivity contribution in [3.63, 3.8) is 0 Å². The minimum absolute atomic E-state index is 0.667. The van der Waals surface area contributed by atoms with Crippen molar-refractivity contribution in [1.29, 1.82) is 0 Å². The molecule has 2 N–H and O–H groups in total. The van der Waals surface area contributed by atoms with Gasteiger partial charge in [0.25, 0.3) is 0 Å². The van der Waals surface area contributed by atoms with E-state index < -0.39 is 11.5 Å². The highest BCUT2D eigenvalue weighted by atomic mass is 16.4. The summed E-state index contributed by atoms with van der Waals surface area (Å²) in [7, 11) is 4.26. The van der Waals surface area contributed by atoms with E-state index in [1.807, 2.05) is 6.92 Å². The van der Waals surface area contributed by atoms with E-state index in [2.05, 4.69) is 36.1 Å². The number of nitrogens with one attached hydrogen (secondary N) is 1. The Morgan fingerprint density at radius 2 is 2.00 bits per heavy atom. The summed E-state index contributed by atoms with van der Waals surface area (Å²) in [5, 5.41) is 12.6. The van der Waals surface area contributed by atoms with E-state index in [0.717, 1.165) is 38.5 Å². The van der Waals surface area contributed by atoms with Crippen LogP contribution in [0.15, 0.2) is 0 Å². The SMILES string of the molecule is CCCNC(C)(CCN1CCC(CN(C)C)CC1)C(=O)O. The molecule has 1 atom stereocenters. The Hall–Kier alpha value is -0.650. The van der Waals surface area contributed by atoms with Crippen molar-refractivity contribution in [2.45, 2.75) is 45.1 Å². The third-order valence-corrected chi connectivity index (χ3v) is 4.50. The molecule has 1 heterocycles. The van der Waals surface area contributed by atoms with Crippen LogP contribution in [0.5, 0.6) is 0 Å². The van der Waals surface area contributed by atoms with Gasteiger partial charge in [0.1, 0.15) is 5.54 Å². The maximum Gasteiger partial charge on any atom is 0.323 e. The summed E-state index contributed by atoms with van der Waals surface area (Å²) in [6, 6.07) is 0. The zero-order valence-corrected chi connectivity index (χ0v) is 14.2. The lowest BCUT2D eigenvalue weighted by Gasteiger charge is -2.35. The van der Waals surface area contributed by atoms with Gasteiger partial charge in [0.05, 0.1) is 0 Å². The average Bonchev–Trinajstić information content (AvgIpc) is 2.43. The Kier molecular flexibility index (Phi) is 7.63. The molecule has 1 unspecified atom stereocenters. The fourth-order valence-electron chi connectivity index (χ4n) is 2.96. The Morgan fingerprint density at radius 3 is 2.48 bits per heavy atom. The molecule has 1 fully saturated rings. The van der Waals surface area contributed by atoms with Crippen molar-refractivity contribution in [3.05, 3.63) is 0 Å². The van der Waals surface area contributed by atoms with E-state index in [0.29, 0.717) is 6.42 Å². The summed E-state index contributed by atoms with van der Waals surface area (Å²) in [6.45, 7) is 8.86. The van der Waals surface area contributed by atoms with E-state index in [9.17, 15) is 9.90 Å². The van der Waals surface area contributed by atoms with Crippen molar-refractivity contribution >= 4 is 5.97 Å². The van der Waals surface area contributed by atoms with Gasteiger partial charge in [-0.3, -0.25) is 4.79 Å². The van der Waals surface area contributed by atoms with E-state index in [-0.39, 0.29) is 0 Å². The molecule has 1 aliphatic heterocycles. The number of likely N-dealkylation sites (tertiary alicyclic amines) is 1. The Morgan fingerprint density at radius 1 is 1.38 bits per heavy atom. The maximum absolute atomic E-state index is 11.5. The predicted molar refractivity (Wildman–Crippen MR) is 86.7 cm³/mol. The lowest BCUT2D eigenvalue weighted by molar-refractivity contribution is -0.144. The first-order valence-corrected chi connectivity index (χ1v) is 8.23. The van der Waals surface area contributed by atoms with Crippen LogP contribution < -0.4 is 5.32 Å². The summed E-state index contributed by atoms with van der Waals surface area (Å²) in [6.07, 6.45) is 4.08. The second-order valence-electron chi connectivity index (χ2n) is 6.86. The molecule has 21 heavy (non-hydrogen) atoms. The molecule has 0 saturated carbocycles. The molecule has 1 aliphatic rings. The standard InChI is InChI=1S/C16H33N3O2/c1-5-9-17-16(2,15(20)21)8-12-19-10-6-14(7-11-19)13-18(3)4/h14,17H,5-13H2,1-4H3,(H,20,21). The molecule has 0 amide bonds. The zero-order chi connectivity index (χ0) is 15.9. The van der Waals surface area contributed by atoms with Crippen molar-refractivity contribution in [1.82, 2.24) is 15.1 Å². The van der Waals surface area contributed by atoms with Crippen LogP contribution in [0.25, 0.3) is 0 Å². The Labute approximate surface area is 129 Å².